The van der Waals surface area contributed by atoms with Crippen LogP contribution in [0.15, 0.2) is 48.6 Å². The summed E-state index contributed by atoms with van der Waals surface area (Å²) in [5, 5.41) is 15.1. The Morgan fingerprint density at radius 1 is 1.12 bits per heavy atom. The van der Waals surface area contributed by atoms with Gasteiger partial charge in [0.05, 0.1) is 16.5 Å². The second kappa shape index (κ2) is 5.48. The van der Waals surface area contributed by atoms with Crippen LogP contribution < -0.4 is 5.32 Å². The first-order valence-corrected chi connectivity index (χ1v) is 8.34. The van der Waals surface area contributed by atoms with E-state index in [4.69, 9.17) is 0 Å². The molecular formula is C20H20N2O2. The highest BCUT2D eigenvalue weighted by atomic mass is 16.6. The Bertz CT molecular complexity index is 857. The largest absolute Gasteiger partial charge is 0.377 e. The Kier molecular flexibility index (Phi) is 3.41. The summed E-state index contributed by atoms with van der Waals surface area (Å²) in [6, 6.07) is 11.4. The second-order valence-corrected chi connectivity index (χ2v) is 6.78. The molecule has 3 atom stereocenters. The number of hydrogen-bond donors (Lipinski definition) is 1. The van der Waals surface area contributed by atoms with Crippen molar-refractivity contribution >= 4 is 11.4 Å². The van der Waals surface area contributed by atoms with Crippen molar-refractivity contribution in [2.24, 2.45) is 5.92 Å². The molecule has 2 aromatic rings. The van der Waals surface area contributed by atoms with Crippen LogP contribution in [-0.4, -0.2) is 4.92 Å². The Morgan fingerprint density at radius 3 is 2.67 bits per heavy atom. The topological polar surface area (TPSA) is 55.2 Å². The molecule has 0 unspecified atom stereocenters. The normalized spacial score (nSPS) is 24.2. The molecule has 0 saturated carbocycles. The van der Waals surface area contributed by atoms with Gasteiger partial charge in [-0.1, -0.05) is 42.5 Å². The molecule has 1 N–H and O–H groups in total. The third kappa shape index (κ3) is 2.13. The number of nitro groups is 1. The lowest BCUT2D eigenvalue weighted by Gasteiger charge is -2.39. The Morgan fingerprint density at radius 2 is 1.88 bits per heavy atom. The van der Waals surface area contributed by atoms with Crippen LogP contribution in [-0.2, 0) is 0 Å². The van der Waals surface area contributed by atoms with E-state index in [0.29, 0.717) is 11.8 Å². The molecule has 122 valence electrons. The van der Waals surface area contributed by atoms with Gasteiger partial charge in [-0.2, -0.15) is 0 Å². The summed E-state index contributed by atoms with van der Waals surface area (Å²) in [5.74, 6) is 0.644. The number of allylic oxidation sites excluding steroid dienone is 2. The number of nitro benzene ring substituents is 1. The first kappa shape index (κ1) is 14.9. The van der Waals surface area contributed by atoms with Gasteiger partial charge in [-0.05, 0) is 42.9 Å². The number of nitrogens with zero attached hydrogens (tertiary/aromatic N) is 1. The second-order valence-electron chi connectivity index (χ2n) is 6.78. The van der Waals surface area contributed by atoms with E-state index in [1.165, 1.54) is 16.7 Å². The first-order chi connectivity index (χ1) is 11.6. The quantitative estimate of drug-likeness (QED) is 0.479. The van der Waals surface area contributed by atoms with E-state index in [2.05, 4.69) is 43.4 Å². The van der Waals surface area contributed by atoms with Gasteiger partial charge in [-0.15, -0.1) is 0 Å². The zero-order chi connectivity index (χ0) is 16.8. The fourth-order valence-corrected chi connectivity index (χ4v) is 4.27. The first-order valence-electron chi connectivity index (χ1n) is 8.34. The molecule has 24 heavy (non-hydrogen) atoms. The zero-order valence-electron chi connectivity index (χ0n) is 13.8. The minimum atomic E-state index is -0.271. The van der Waals surface area contributed by atoms with E-state index in [-0.39, 0.29) is 16.7 Å². The fourth-order valence-electron chi connectivity index (χ4n) is 4.27. The molecule has 1 heterocycles. The van der Waals surface area contributed by atoms with Gasteiger partial charge in [0.1, 0.15) is 0 Å². The maximum Gasteiger partial charge on any atom is 0.274 e. The Hall–Kier alpha value is -2.62. The maximum atomic E-state index is 11.5. The van der Waals surface area contributed by atoms with E-state index in [0.717, 1.165) is 17.7 Å². The van der Waals surface area contributed by atoms with Crippen LogP contribution in [0.25, 0.3) is 0 Å². The summed E-state index contributed by atoms with van der Waals surface area (Å²) in [5.41, 5.74) is 5.96. The van der Waals surface area contributed by atoms with Gasteiger partial charge in [-0.25, -0.2) is 0 Å². The number of rotatable bonds is 2. The Labute approximate surface area is 141 Å². The van der Waals surface area contributed by atoms with Gasteiger partial charge in [-0.3, -0.25) is 10.1 Å². The van der Waals surface area contributed by atoms with Gasteiger partial charge < -0.3 is 5.32 Å². The van der Waals surface area contributed by atoms with Crippen molar-refractivity contribution in [2.45, 2.75) is 32.2 Å². The highest BCUT2D eigenvalue weighted by Crippen LogP contribution is 2.52. The summed E-state index contributed by atoms with van der Waals surface area (Å²) in [4.78, 5) is 11.2. The number of nitrogens with one attached hydrogen (secondary N) is 1. The van der Waals surface area contributed by atoms with E-state index < -0.39 is 0 Å². The monoisotopic (exact) mass is 320 g/mol. The van der Waals surface area contributed by atoms with Crippen LogP contribution in [0.3, 0.4) is 0 Å². The molecule has 0 radical (unpaired) electrons. The van der Waals surface area contributed by atoms with E-state index in [1.807, 2.05) is 12.1 Å². The molecule has 4 heteroatoms. The van der Waals surface area contributed by atoms with Crippen molar-refractivity contribution in [3.63, 3.8) is 0 Å². The van der Waals surface area contributed by atoms with Crippen LogP contribution in [0.4, 0.5) is 11.4 Å². The lowest BCUT2D eigenvalue weighted by Crippen LogP contribution is -2.30. The van der Waals surface area contributed by atoms with Crippen molar-refractivity contribution < 1.29 is 4.92 Å². The molecule has 1 aliphatic heterocycles. The van der Waals surface area contributed by atoms with Crippen LogP contribution in [0.5, 0.6) is 0 Å². The number of hydrogen-bond acceptors (Lipinski definition) is 3. The SMILES string of the molecule is Cc1ccc(C)c2c1N[C@H](c1ccccc1[N+](=O)[O-])[C@H]1CC=C[C@H]21. The molecule has 0 spiro atoms. The van der Waals surface area contributed by atoms with Crippen molar-refractivity contribution in [2.75, 3.05) is 5.32 Å². The molecule has 1 aliphatic carbocycles. The number of para-hydroxylation sites is 1. The van der Waals surface area contributed by atoms with Gasteiger partial charge in [0.25, 0.3) is 5.69 Å². The lowest BCUT2D eigenvalue weighted by atomic mass is 9.74. The molecule has 0 fully saturated rings. The highest BCUT2D eigenvalue weighted by molar-refractivity contribution is 5.67. The minimum Gasteiger partial charge on any atom is -0.377 e. The third-order valence-corrected chi connectivity index (χ3v) is 5.41. The summed E-state index contributed by atoms with van der Waals surface area (Å²) in [6.07, 6.45) is 5.44. The van der Waals surface area contributed by atoms with Crippen LogP contribution in [0.1, 0.15) is 40.6 Å². The van der Waals surface area contributed by atoms with Crippen molar-refractivity contribution in [1.82, 2.24) is 0 Å². The molecular weight excluding hydrogens is 300 g/mol. The van der Waals surface area contributed by atoms with E-state index >= 15 is 0 Å². The summed E-state index contributed by atoms with van der Waals surface area (Å²) < 4.78 is 0. The number of benzene rings is 2. The Balaban J connectivity index is 1.88. The van der Waals surface area contributed by atoms with Crippen molar-refractivity contribution in [1.29, 1.82) is 0 Å². The number of anilines is 1. The third-order valence-electron chi connectivity index (χ3n) is 5.41. The smallest absolute Gasteiger partial charge is 0.274 e. The van der Waals surface area contributed by atoms with Crippen LogP contribution in [0, 0.1) is 29.9 Å². The van der Waals surface area contributed by atoms with Crippen molar-refractivity contribution in [3.05, 3.63) is 80.9 Å². The van der Waals surface area contributed by atoms with Gasteiger partial charge in [0.15, 0.2) is 0 Å². The van der Waals surface area contributed by atoms with Crippen LogP contribution in [0.2, 0.25) is 0 Å². The molecule has 0 bridgehead atoms. The van der Waals surface area contributed by atoms with E-state index in [1.54, 1.807) is 12.1 Å². The molecule has 2 aliphatic rings. The molecule has 0 aromatic heterocycles. The summed E-state index contributed by atoms with van der Waals surface area (Å²) in [7, 11) is 0. The number of fused-ring (bicyclic) bond motifs is 3. The fraction of sp³-hybridized carbons (Fsp3) is 0.300. The number of aryl methyl sites for hydroxylation is 2. The average molecular weight is 320 g/mol. The van der Waals surface area contributed by atoms with E-state index in [9.17, 15) is 10.1 Å². The predicted molar refractivity (Wildman–Crippen MR) is 95.4 cm³/mol. The molecule has 0 saturated heterocycles. The lowest BCUT2D eigenvalue weighted by molar-refractivity contribution is -0.385. The van der Waals surface area contributed by atoms with Crippen molar-refractivity contribution in [3.8, 4) is 0 Å². The molecule has 4 nitrogen and oxygen atoms in total. The zero-order valence-corrected chi connectivity index (χ0v) is 13.8. The van der Waals surface area contributed by atoms with Gasteiger partial charge in [0.2, 0.25) is 0 Å². The van der Waals surface area contributed by atoms with Gasteiger partial charge >= 0.3 is 0 Å². The maximum absolute atomic E-state index is 11.5. The standard InChI is InChI=1S/C20H20N2O2/c1-12-10-11-13(2)19-18(12)14-7-5-8-15(14)20(21-19)16-6-3-4-9-17(16)22(23)24/h3-7,9-11,14-15,20-21H,8H2,1-2H3/t14-,15-,20-/m0/s1. The summed E-state index contributed by atoms with van der Waals surface area (Å²) >= 11 is 0. The highest BCUT2D eigenvalue weighted by Gasteiger charge is 2.41. The molecule has 2 aromatic carbocycles. The predicted octanol–water partition coefficient (Wildman–Crippen LogP) is 5.04. The molecule has 4 rings (SSSR count). The van der Waals surface area contributed by atoms with Gasteiger partial charge in [0, 0.05) is 17.7 Å². The minimum absolute atomic E-state index is 0.0420. The van der Waals surface area contributed by atoms with Crippen LogP contribution >= 0.6 is 0 Å². The summed E-state index contributed by atoms with van der Waals surface area (Å²) in [6.45, 7) is 4.25. The molecule has 0 amide bonds. The average Bonchev–Trinajstić information content (AvgIpc) is 3.06.